The number of carbonyl (C=O) groups excluding carboxylic acids is 2. The summed E-state index contributed by atoms with van der Waals surface area (Å²) in [6, 6.07) is 5.94. The molecule has 1 N–H and O–H groups in total. The zero-order valence-electron chi connectivity index (χ0n) is 16.4. The fourth-order valence-electron chi connectivity index (χ4n) is 3.17. The van der Waals surface area contributed by atoms with Crippen molar-refractivity contribution in [3.8, 4) is 0 Å². The number of hydrogen-bond donors (Lipinski definition) is 1. The van der Waals surface area contributed by atoms with E-state index < -0.39 is 5.60 Å². The molecule has 0 saturated carbocycles. The fraction of sp³-hybridized carbons (Fsp3) is 0.550. The minimum atomic E-state index is -0.494. The lowest BCUT2D eigenvalue weighted by Gasteiger charge is -2.33. The smallest absolute Gasteiger partial charge is 0.410 e. The molecule has 1 aliphatic rings. The highest BCUT2D eigenvalue weighted by Crippen LogP contribution is 2.24. The maximum atomic E-state index is 12.3. The van der Waals surface area contributed by atoms with Crippen molar-refractivity contribution in [1.29, 1.82) is 0 Å². The van der Waals surface area contributed by atoms with Gasteiger partial charge in [0.1, 0.15) is 11.1 Å². The van der Waals surface area contributed by atoms with Gasteiger partial charge in [0.2, 0.25) is 5.91 Å². The van der Waals surface area contributed by atoms with E-state index in [0.29, 0.717) is 25.1 Å². The number of anilines is 1. The van der Waals surface area contributed by atoms with Gasteiger partial charge in [0, 0.05) is 19.5 Å². The number of oxazole rings is 1. The SMILES string of the molecule is Cc1ccc2oc(NC(=O)CC3CCN(C(=O)OC(C)(C)C)CC3)nc2c1. The summed E-state index contributed by atoms with van der Waals surface area (Å²) in [5, 5.41) is 2.74. The van der Waals surface area contributed by atoms with Crippen molar-refractivity contribution in [2.24, 2.45) is 5.92 Å². The second kappa shape index (κ2) is 7.58. The van der Waals surface area contributed by atoms with Crippen molar-refractivity contribution in [2.75, 3.05) is 18.4 Å². The van der Waals surface area contributed by atoms with E-state index in [1.54, 1.807) is 4.90 Å². The molecular formula is C20H27N3O4. The van der Waals surface area contributed by atoms with Crippen LogP contribution in [0.4, 0.5) is 10.8 Å². The van der Waals surface area contributed by atoms with Crippen molar-refractivity contribution < 1.29 is 18.7 Å². The summed E-state index contributed by atoms with van der Waals surface area (Å²) in [4.78, 5) is 30.4. The summed E-state index contributed by atoms with van der Waals surface area (Å²) in [6.45, 7) is 8.76. The molecule has 1 aliphatic heterocycles. The first-order valence-corrected chi connectivity index (χ1v) is 9.34. The van der Waals surface area contributed by atoms with E-state index in [0.717, 1.165) is 23.9 Å². The number of aromatic nitrogens is 1. The van der Waals surface area contributed by atoms with Crippen LogP contribution < -0.4 is 5.32 Å². The summed E-state index contributed by atoms with van der Waals surface area (Å²) >= 11 is 0. The van der Waals surface area contributed by atoms with Crippen molar-refractivity contribution in [3.05, 3.63) is 23.8 Å². The third kappa shape index (κ3) is 5.21. The number of carbonyl (C=O) groups is 2. The van der Waals surface area contributed by atoms with Crippen LogP contribution >= 0.6 is 0 Å². The number of fused-ring (bicyclic) bond motifs is 1. The Kier molecular flexibility index (Phi) is 5.39. The number of nitrogens with one attached hydrogen (secondary N) is 1. The molecule has 27 heavy (non-hydrogen) atoms. The monoisotopic (exact) mass is 373 g/mol. The van der Waals surface area contributed by atoms with E-state index in [2.05, 4.69) is 10.3 Å². The van der Waals surface area contributed by atoms with E-state index >= 15 is 0 Å². The predicted octanol–water partition coefficient (Wildman–Crippen LogP) is 4.11. The molecule has 0 atom stereocenters. The van der Waals surface area contributed by atoms with Crippen LogP contribution in [0, 0.1) is 12.8 Å². The minimum Gasteiger partial charge on any atom is -0.444 e. The molecule has 2 heterocycles. The Labute approximate surface area is 159 Å². The Morgan fingerprint density at radius 1 is 1.30 bits per heavy atom. The van der Waals surface area contributed by atoms with Gasteiger partial charge in [-0.15, -0.1) is 0 Å². The number of piperidine rings is 1. The number of aryl methyl sites for hydroxylation is 1. The standard InChI is InChI=1S/C20H27N3O4/c1-13-5-6-16-15(11-13)21-18(26-16)22-17(24)12-14-7-9-23(10-8-14)19(25)27-20(2,3)4/h5-6,11,14H,7-10,12H2,1-4H3,(H,21,22,24). The van der Waals surface area contributed by atoms with Crippen molar-refractivity contribution in [1.82, 2.24) is 9.88 Å². The van der Waals surface area contributed by atoms with Gasteiger partial charge in [0.25, 0.3) is 0 Å². The van der Waals surface area contributed by atoms with Crippen LogP contribution in [-0.2, 0) is 9.53 Å². The zero-order chi connectivity index (χ0) is 19.6. The lowest BCUT2D eigenvalue weighted by molar-refractivity contribution is -0.117. The number of hydrogen-bond acceptors (Lipinski definition) is 5. The highest BCUT2D eigenvalue weighted by molar-refractivity contribution is 5.90. The third-order valence-electron chi connectivity index (χ3n) is 4.53. The Morgan fingerprint density at radius 2 is 2.00 bits per heavy atom. The summed E-state index contributed by atoms with van der Waals surface area (Å²) < 4.78 is 11.0. The maximum Gasteiger partial charge on any atom is 0.410 e. The molecule has 7 heteroatoms. The molecule has 146 valence electrons. The van der Waals surface area contributed by atoms with Gasteiger partial charge in [-0.2, -0.15) is 4.98 Å². The molecule has 1 saturated heterocycles. The van der Waals surface area contributed by atoms with Crippen molar-refractivity contribution in [3.63, 3.8) is 0 Å². The summed E-state index contributed by atoms with van der Waals surface area (Å²) in [6.07, 6.45) is 1.66. The first kappa shape index (κ1) is 19.2. The Bertz CT molecular complexity index is 829. The van der Waals surface area contributed by atoms with Gasteiger partial charge >= 0.3 is 12.1 Å². The highest BCUT2D eigenvalue weighted by atomic mass is 16.6. The van der Waals surface area contributed by atoms with Crippen LogP contribution in [0.25, 0.3) is 11.1 Å². The largest absolute Gasteiger partial charge is 0.444 e. The number of rotatable bonds is 3. The quantitative estimate of drug-likeness (QED) is 0.875. The molecule has 0 bridgehead atoms. The molecule has 3 rings (SSSR count). The van der Waals surface area contributed by atoms with E-state index in [4.69, 9.17) is 9.15 Å². The highest BCUT2D eigenvalue weighted by Gasteiger charge is 2.28. The van der Waals surface area contributed by atoms with Crippen molar-refractivity contribution in [2.45, 2.75) is 52.6 Å². The molecule has 1 aromatic carbocycles. The zero-order valence-corrected chi connectivity index (χ0v) is 16.4. The van der Waals surface area contributed by atoms with Crippen molar-refractivity contribution >= 4 is 29.1 Å². The Balaban J connectivity index is 1.48. The van der Waals surface area contributed by atoms with Crippen LogP contribution in [0.3, 0.4) is 0 Å². The minimum absolute atomic E-state index is 0.117. The average molecular weight is 373 g/mol. The number of likely N-dealkylation sites (tertiary alicyclic amines) is 1. The van der Waals surface area contributed by atoms with Gasteiger partial charge in [0.05, 0.1) is 0 Å². The number of benzene rings is 1. The van der Waals surface area contributed by atoms with Gasteiger partial charge in [-0.25, -0.2) is 4.79 Å². The van der Waals surface area contributed by atoms with E-state index in [-0.39, 0.29) is 23.9 Å². The lowest BCUT2D eigenvalue weighted by atomic mass is 9.93. The normalized spacial score (nSPS) is 15.8. The van der Waals surface area contributed by atoms with Crippen LogP contribution in [0.15, 0.2) is 22.6 Å². The number of amides is 2. The van der Waals surface area contributed by atoms with Crippen LogP contribution in [0.1, 0.15) is 45.6 Å². The van der Waals surface area contributed by atoms with Gasteiger partial charge in [0.15, 0.2) is 5.58 Å². The molecule has 1 aromatic heterocycles. The lowest BCUT2D eigenvalue weighted by Crippen LogP contribution is -2.42. The maximum absolute atomic E-state index is 12.3. The van der Waals surface area contributed by atoms with E-state index in [1.165, 1.54) is 0 Å². The summed E-state index contributed by atoms with van der Waals surface area (Å²) in [5.41, 5.74) is 1.98. The fourth-order valence-corrected chi connectivity index (χ4v) is 3.17. The third-order valence-corrected chi connectivity index (χ3v) is 4.53. The molecule has 0 unspecified atom stereocenters. The van der Waals surface area contributed by atoms with Gasteiger partial charge in [-0.3, -0.25) is 10.1 Å². The van der Waals surface area contributed by atoms with E-state index in [1.807, 2.05) is 45.9 Å². The Morgan fingerprint density at radius 3 is 2.67 bits per heavy atom. The van der Waals surface area contributed by atoms with E-state index in [9.17, 15) is 9.59 Å². The predicted molar refractivity (Wildman–Crippen MR) is 103 cm³/mol. The molecule has 7 nitrogen and oxygen atoms in total. The first-order chi connectivity index (χ1) is 12.7. The number of ether oxygens (including phenoxy) is 1. The van der Waals surface area contributed by atoms with Crippen LogP contribution in [0.5, 0.6) is 0 Å². The van der Waals surface area contributed by atoms with Crippen LogP contribution in [0.2, 0.25) is 0 Å². The number of nitrogens with zero attached hydrogens (tertiary/aromatic N) is 2. The van der Waals surface area contributed by atoms with Crippen LogP contribution in [-0.4, -0.2) is 40.6 Å². The summed E-state index contributed by atoms with van der Waals surface area (Å²) in [5.74, 6) is 0.115. The first-order valence-electron chi connectivity index (χ1n) is 9.34. The molecule has 2 aromatic rings. The molecule has 0 spiro atoms. The molecule has 0 radical (unpaired) electrons. The second-order valence-corrected chi connectivity index (χ2v) is 8.15. The van der Waals surface area contributed by atoms with Gasteiger partial charge in [-0.1, -0.05) is 6.07 Å². The molecule has 0 aliphatic carbocycles. The Hall–Kier alpha value is -2.57. The van der Waals surface area contributed by atoms with Gasteiger partial charge in [-0.05, 0) is 64.2 Å². The molecule has 1 fully saturated rings. The molecular weight excluding hydrogens is 346 g/mol. The summed E-state index contributed by atoms with van der Waals surface area (Å²) in [7, 11) is 0. The topological polar surface area (TPSA) is 84.7 Å². The molecule has 2 amide bonds. The van der Waals surface area contributed by atoms with Gasteiger partial charge < -0.3 is 14.1 Å². The second-order valence-electron chi connectivity index (χ2n) is 8.15. The average Bonchev–Trinajstić information content (AvgIpc) is 2.94.